The van der Waals surface area contributed by atoms with Crippen molar-refractivity contribution >= 4 is 0 Å². The van der Waals surface area contributed by atoms with E-state index < -0.39 is 0 Å². The Balaban J connectivity index is 1.91. The Bertz CT molecular complexity index is 154. The molecule has 1 fully saturated rings. The summed E-state index contributed by atoms with van der Waals surface area (Å²) in [6.07, 6.45) is 2.93. The molecule has 15 heavy (non-hydrogen) atoms. The zero-order valence-corrected chi connectivity index (χ0v) is 10.1. The van der Waals surface area contributed by atoms with Gasteiger partial charge in [0.05, 0.1) is 12.7 Å². The van der Waals surface area contributed by atoms with Crippen LogP contribution < -0.4 is 0 Å². The Kier molecular flexibility index (Phi) is 6.22. The van der Waals surface area contributed by atoms with E-state index in [1.807, 2.05) is 0 Å². The van der Waals surface area contributed by atoms with Gasteiger partial charge in [0.1, 0.15) is 0 Å². The van der Waals surface area contributed by atoms with Crippen molar-refractivity contribution in [1.82, 2.24) is 4.90 Å². The SMILES string of the molecule is CC(C)CCOCCN1CCC(O)CC1. The normalized spacial score (nSPS) is 20.0. The lowest BCUT2D eigenvalue weighted by Crippen LogP contribution is -2.37. The molecule has 1 N–H and O–H groups in total. The molecule has 0 bridgehead atoms. The van der Waals surface area contributed by atoms with E-state index in [0.29, 0.717) is 0 Å². The molecule has 0 saturated carbocycles. The standard InChI is InChI=1S/C12H25NO2/c1-11(2)5-9-15-10-8-13-6-3-12(14)4-7-13/h11-12,14H,3-10H2,1-2H3. The molecule has 3 heteroatoms. The average Bonchev–Trinajstić information content (AvgIpc) is 2.20. The molecule has 1 heterocycles. The van der Waals surface area contributed by atoms with Crippen molar-refractivity contribution in [3.05, 3.63) is 0 Å². The summed E-state index contributed by atoms with van der Waals surface area (Å²) in [5.74, 6) is 0.732. The first kappa shape index (κ1) is 12.9. The number of rotatable bonds is 6. The maximum atomic E-state index is 9.34. The fraction of sp³-hybridized carbons (Fsp3) is 1.00. The number of hydrogen-bond acceptors (Lipinski definition) is 3. The van der Waals surface area contributed by atoms with E-state index in [4.69, 9.17) is 4.74 Å². The summed E-state index contributed by atoms with van der Waals surface area (Å²) < 4.78 is 5.57. The third kappa shape index (κ3) is 6.13. The van der Waals surface area contributed by atoms with Gasteiger partial charge in [-0.15, -0.1) is 0 Å². The number of likely N-dealkylation sites (tertiary alicyclic amines) is 1. The predicted octanol–water partition coefficient (Wildman–Crippen LogP) is 1.51. The van der Waals surface area contributed by atoms with Crippen LogP contribution in [0.1, 0.15) is 33.1 Å². The zero-order chi connectivity index (χ0) is 11.1. The van der Waals surface area contributed by atoms with Gasteiger partial charge >= 0.3 is 0 Å². The molecule has 3 nitrogen and oxygen atoms in total. The van der Waals surface area contributed by atoms with Crippen LogP contribution in [0, 0.1) is 5.92 Å². The first-order valence-electron chi connectivity index (χ1n) is 6.16. The molecular formula is C12H25NO2. The number of piperidine rings is 1. The van der Waals surface area contributed by atoms with Crippen LogP contribution in [0.4, 0.5) is 0 Å². The Hall–Kier alpha value is -0.120. The third-order valence-electron chi connectivity index (χ3n) is 2.95. The van der Waals surface area contributed by atoms with Crippen molar-refractivity contribution < 1.29 is 9.84 Å². The van der Waals surface area contributed by atoms with Gasteiger partial charge in [-0.3, -0.25) is 0 Å². The molecule has 0 aromatic rings. The summed E-state index contributed by atoms with van der Waals surface area (Å²) in [5.41, 5.74) is 0. The third-order valence-corrected chi connectivity index (χ3v) is 2.95. The summed E-state index contributed by atoms with van der Waals surface area (Å²) in [6, 6.07) is 0. The maximum absolute atomic E-state index is 9.34. The van der Waals surface area contributed by atoms with Crippen LogP contribution in [-0.4, -0.2) is 49.0 Å². The molecule has 0 atom stereocenters. The van der Waals surface area contributed by atoms with Crippen molar-refractivity contribution in [3.63, 3.8) is 0 Å². The summed E-state index contributed by atoms with van der Waals surface area (Å²) in [4.78, 5) is 2.38. The van der Waals surface area contributed by atoms with E-state index in [1.54, 1.807) is 0 Å². The Morgan fingerprint density at radius 1 is 1.27 bits per heavy atom. The molecule has 1 saturated heterocycles. The van der Waals surface area contributed by atoms with E-state index in [0.717, 1.165) is 58.0 Å². The molecule has 0 aromatic carbocycles. The maximum Gasteiger partial charge on any atom is 0.0593 e. The van der Waals surface area contributed by atoms with Gasteiger partial charge in [0.2, 0.25) is 0 Å². The van der Waals surface area contributed by atoms with Gasteiger partial charge in [0, 0.05) is 26.2 Å². The fourth-order valence-corrected chi connectivity index (χ4v) is 1.76. The monoisotopic (exact) mass is 215 g/mol. The molecule has 0 aliphatic carbocycles. The van der Waals surface area contributed by atoms with Gasteiger partial charge < -0.3 is 14.7 Å². The second-order valence-electron chi connectivity index (χ2n) is 4.87. The van der Waals surface area contributed by atoms with Crippen molar-refractivity contribution in [2.24, 2.45) is 5.92 Å². The van der Waals surface area contributed by atoms with Crippen LogP contribution in [0.5, 0.6) is 0 Å². The number of aliphatic hydroxyl groups excluding tert-OH is 1. The molecule has 0 radical (unpaired) electrons. The van der Waals surface area contributed by atoms with Gasteiger partial charge in [-0.05, 0) is 25.2 Å². The summed E-state index contributed by atoms with van der Waals surface area (Å²) in [7, 11) is 0. The molecule has 0 aromatic heterocycles. The minimum atomic E-state index is -0.0666. The summed E-state index contributed by atoms with van der Waals surface area (Å²) >= 11 is 0. The molecule has 0 spiro atoms. The highest BCUT2D eigenvalue weighted by molar-refractivity contribution is 4.70. The zero-order valence-electron chi connectivity index (χ0n) is 10.1. The van der Waals surface area contributed by atoms with E-state index in [1.165, 1.54) is 0 Å². The average molecular weight is 215 g/mol. The highest BCUT2D eigenvalue weighted by atomic mass is 16.5. The van der Waals surface area contributed by atoms with Gasteiger partial charge in [0.15, 0.2) is 0 Å². The molecular weight excluding hydrogens is 190 g/mol. The Morgan fingerprint density at radius 2 is 1.93 bits per heavy atom. The van der Waals surface area contributed by atoms with Crippen molar-refractivity contribution in [2.45, 2.75) is 39.2 Å². The lowest BCUT2D eigenvalue weighted by Gasteiger charge is -2.29. The molecule has 1 aliphatic rings. The fourth-order valence-electron chi connectivity index (χ4n) is 1.76. The number of ether oxygens (including phenoxy) is 1. The van der Waals surface area contributed by atoms with Crippen LogP contribution >= 0.6 is 0 Å². The largest absolute Gasteiger partial charge is 0.393 e. The minimum absolute atomic E-state index is 0.0666. The van der Waals surface area contributed by atoms with E-state index in [2.05, 4.69) is 18.7 Å². The molecule has 1 rings (SSSR count). The Morgan fingerprint density at radius 3 is 2.53 bits per heavy atom. The highest BCUT2D eigenvalue weighted by Gasteiger charge is 2.15. The minimum Gasteiger partial charge on any atom is -0.393 e. The molecule has 0 amide bonds. The van der Waals surface area contributed by atoms with Crippen molar-refractivity contribution in [1.29, 1.82) is 0 Å². The second kappa shape index (κ2) is 7.20. The highest BCUT2D eigenvalue weighted by Crippen LogP contribution is 2.09. The topological polar surface area (TPSA) is 32.7 Å². The van der Waals surface area contributed by atoms with Crippen LogP contribution in [-0.2, 0) is 4.74 Å². The quantitative estimate of drug-likeness (QED) is 0.682. The van der Waals surface area contributed by atoms with Crippen molar-refractivity contribution in [2.75, 3.05) is 32.8 Å². The van der Waals surface area contributed by atoms with Crippen LogP contribution in [0.3, 0.4) is 0 Å². The predicted molar refractivity (Wildman–Crippen MR) is 62.0 cm³/mol. The first-order valence-corrected chi connectivity index (χ1v) is 6.16. The van der Waals surface area contributed by atoms with E-state index in [-0.39, 0.29) is 6.10 Å². The van der Waals surface area contributed by atoms with E-state index >= 15 is 0 Å². The van der Waals surface area contributed by atoms with Gasteiger partial charge in [0.25, 0.3) is 0 Å². The van der Waals surface area contributed by atoms with Gasteiger partial charge in [-0.2, -0.15) is 0 Å². The van der Waals surface area contributed by atoms with Crippen molar-refractivity contribution in [3.8, 4) is 0 Å². The van der Waals surface area contributed by atoms with E-state index in [9.17, 15) is 5.11 Å². The summed E-state index contributed by atoms with van der Waals surface area (Å²) in [6.45, 7) is 9.22. The molecule has 90 valence electrons. The van der Waals surface area contributed by atoms with Crippen LogP contribution in [0.15, 0.2) is 0 Å². The number of aliphatic hydroxyl groups is 1. The number of hydrogen-bond donors (Lipinski definition) is 1. The van der Waals surface area contributed by atoms with Gasteiger partial charge in [-0.25, -0.2) is 0 Å². The number of nitrogens with zero attached hydrogens (tertiary/aromatic N) is 1. The molecule has 1 aliphatic heterocycles. The lowest BCUT2D eigenvalue weighted by molar-refractivity contribution is 0.0534. The smallest absolute Gasteiger partial charge is 0.0593 e. The lowest BCUT2D eigenvalue weighted by atomic mass is 10.1. The van der Waals surface area contributed by atoms with Gasteiger partial charge in [-0.1, -0.05) is 13.8 Å². The summed E-state index contributed by atoms with van der Waals surface area (Å²) in [5, 5.41) is 9.34. The first-order chi connectivity index (χ1) is 7.18. The Labute approximate surface area is 93.4 Å². The second-order valence-corrected chi connectivity index (χ2v) is 4.87. The van der Waals surface area contributed by atoms with Crippen LogP contribution in [0.25, 0.3) is 0 Å². The van der Waals surface area contributed by atoms with Crippen LogP contribution in [0.2, 0.25) is 0 Å². The molecule has 0 unspecified atom stereocenters.